The van der Waals surface area contributed by atoms with Crippen molar-refractivity contribution in [2.75, 3.05) is 11.1 Å². The molecule has 134 valence electrons. The summed E-state index contributed by atoms with van der Waals surface area (Å²) in [7, 11) is 0. The van der Waals surface area contributed by atoms with Crippen molar-refractivity contribution in [2.24, 2.45) is 0 Å². The minimum absolute atomic E-state index is 0.0318. The van der Waals surface area contributed by atoms with Gasteiger partial charge in [-0.3, -0.25) is 4.79 Å². The molecule has 0 saturated heterocycles. The van der Waals surface area contributed by atoms with Gasteiger partial charge in [0.15, 0.2) is 4.34 Å². The summed E-state index contributed by atoms with van der Waals surface area (Å²) in [4.78, 5) is 16.9. The minimum Gasteiger partial charge on any atom is -0.325 e. The summed E-state index contributed by atoms with van der Waals surface area (Å²) >= 11 is 6.45. The summed E-state index contributed by atoms with van der Waals surface area (Å²) in [6, 6.07) is 22.1. The topological polar surface area (TPSA) is 42.0 Å². The first kappa shape index (κ1) is 18.2. The fraction of sp³-hybridized carbons (Fsp3) is 0.0476. The lowest BCUT2D eigenvalue weighted by atomic mass is 10.1. The lowest BCUT2D eigenvalue weighted by molar-refractivity contribution is -0.113. The van der Waals surface area contributed by atoms with Crippen LogP contribution < -0.4 is 5.32 Å². The van der Waals surface area contributed by atoms with Crippen LogP contribution in [-0.2, 0) is 4.79 Å². The number of nitrogens with one attached hydrogen (secondary N) is 1. The van der Waals surface area contributed by atoms with Gasteiger partial charge in [-0.1, -0.05) is 70.2 Å². The van der Waals surface area contributed by atoms with Gasteiger partial charge in [0, 0.05) is 21.1 Å². The van der Waals surface area contributed by atoms with Crippen LogP contribution in [0.15, 0.2) is 80.9 Å². The van der Waals surface area contributed by atoms with Crippen LogP contribution in [0.1, 0.15) is 0 Å². The Morgan fingerprint density at radius 3 is 2.63 bits per heavy atom. The highest BCUT2D eigenvalue weighted by molar-refractivity contribution is 9.10. The maximum atomic E-state index is 12.3. The standard InChI is InChI=1S/C21H15BrN2OS2/c22-17-8-5-15(6-9-17)19-12-26-21(24-19)27-13-20(25)23-18-10-7-14-3-1-2-4-16(14)11-18/h1-12H,13H2,(H,23,25). The molecule has 1 N–H and O–H groups in total. The SMILES string of the molecule is O=C(CSc1nc(-c2ccc(Br)cc2)cs1)Nc1ccc2ccccc2c1. The molecule has 0 fully saturated rings. The van der Waals surface area contributed by atoms with Crippen LogP contribution in [0.25, 0.3) is 22.0 Å². The van der Waals surface area contributed by atoms with Crippen molar-refractivity contribution in [3.8, 4) is 11.3 Å². The predicted molar refractivity (Wildman–Crippen MR) is 119 cm³/mol. The van der Waals surface area contributed by atoms with Gasteiger partial charge in [0.1, 0.15) is 0 Å². The molecule has 6 heteroatoms. The second-order valence-corrected chi connectivity index (χ2v) is 8.90. The smallest absolute Gasteiger partial charge is 0.234 e. The number of halogens is 1. The number of anilines is 1. The van der Waals surface area contributed by atoms with E-state index in [1.807, 2.05) is 66.0 Å². The molecule has 0 saturated carbocycles. The van der Waals surface area contributed by atoms with Crippen LogP contribution in [0.3, 0.4) is 0 Å². The number of aromatic nitrogens is 1. The van der Waals surface area contributed by atoms with Gasteiger partial charge >= 0.3 is 0 Å². The highest BCUT2D eigenvalue weighted by Crippen LogP contribution is 2.29. The molecule has 1 heterocycles. The number of benzene rings is 3. The molecule has 0 radical (unpaired) electrons. The number of carbonyl (C=O) groups is 1. The van der Waals surface area contributed by atoms with Gasteiger partial charge in [-0.2, -0.15) is 0 Å². The summed E-state index contributed by atoms with van der Waals surface area (Å²) in [6.45, 7) is 0. The Hall–Kier alpha value is -2.15. The van der Waals surface area contributed by atoms with E-state index in [4.69, 9.17) is 0 Å². The molecule has 3 aromatic carbocycles. The number of nitrogens with zero attached hydrogens (tertiary/aromatic N) is 1. The molecule has 4 rings (SSSR count). The quantitative estimate of drug-likeness (QED) is 0.352. The third-order valence-electron chi connectivity index (χ3n) is 3.98. The number of hydrogen-bond donors (Lipinski definition) is 1. The Morgan fingerprint density at radius 2 is 1.81 bits per heavy atom. The molecule has 0 aliphatic rings. The average Bonchev–Trinajstić information content (AvgIpc) is 3.16. The first-order chi connectivity index (χ1) is 13.2. The highest BCUT2D eigenvalue weighted by Gasteiger charge is 2.09. The largest absolute Gasteiger partial charge is 0.325 e. The van der Waals surface area contributed by atoms with Crippen LogP contribution in [0.5, 0.6) is 0 Å². The fourth-order valence-electron chi connectivity index (χ4n) is 2.67. The van der Waals surface area contributed by atoms with Crippen molar-refractivity contribution >= 4 is 61.4 Å². The van der Waals surface area contributed by atoms with E-state index in [0.29, 0.717) is 5.75 Å². The number of carbonyl (C=O) groups excluding carboxylic acids is 1. The van der Waals surface area contributed by atoms with E-state index in [9.17, 15) is 4.79 Å². The van der Waals surface area contributed by atoms with Crippen LogP contribution in [-0.4, -0.2) is 16.6 Å². The molecular formula is C21H15BrN2OS2. The molecule has 3 nitrogen and oxygen atoms in total. The number of hydrogen-bond acceptors (Lipinski definition) is 4. The van der Waals surface area contributed by atoms with Gasteiger partial charge in [-0.25, -0.2) is 4.98 Å². The Kier molecular flexibility index (Phi) is 5.57. The van der Waals surface area contributed by atoms with Crippen molar-refractivity contribution in [3.63, 3.8) is 0 Å². The molecule has 0 unspecified atom stereocenters. The molecule has 4 aromatic rings. The van der Waals surface area contributed by atoms with Gasteiger partial charge < -0.3 is 5.32 Å². The molecule has 0 atom stereocenters. The van der Waals surface area contributed by atoms with Gasteiger partial charge in [-0.15, -0.1) is 11.3 Å². The average molecular weight is 455 g/mol. The van der Waals surface area contributed by atoms with Gasteiger partial charge in [0.05, 0.1) is 11.4 Å². The molecule has 27 heavy (non-hydrogen) atoms. The molecule has 1 amide bonds. The van der Waals surface area contributed by atoms with E-state index in [0.717, 1.165) is 36.5 Å². The summed E-state index contributed by atoms with van der Waals surface area (Å²) < 4.78 is 1.93. The zero-order chi connectivity index (χ0) is 18.6. The Labute approximate surface area is 174 Å². The summed E-state index contributed by atoms with van der Waals surface area (Å²) in [5.74, 6) is 0.302. The Balaban J connectivity index is 1.37. The summed E-state index contributed by atoms with van der Waals surface area (Å²) in [5.41, 5.74) is 2.82. The first-order valence-corrected chi connectivity index (χ1v) is 11.0. The monoisotopic (exact) mass is 454 g/mol. The number of fused-ring (bicyclic) bond motifs is 1. The third-order valence-corrected chi connectivity index (χ3v) is 6.53. The maximum absolute atomic E-state index is 12.3. The number of thiazole rings is 1. The van der Waals surface area contributed by atoms with E-state index in [1.165, 1.54) is 11.8 Å². The molecule has 0 spiro atoms. The van der Waals surface area contributed by atoms with Crippen molar-refractivity contribution in [1.29, 1.82) is 0 Å². The lowest BCUT2D eigenvalue weighted by Gasteiger charge is -2.06. The minimum atomic E-state index is -0.0318. The predicted octanol–water partition coefficient (Wildman–Crippen LogP) is 6.46. The zero-order valence-electron chi connectivity index (χ0n) is 14.2. The number of amides is 1. The van der Waals surface area contributed by atoms with Crippen molar-refractivity contribution in [1.82, 2.24) is 4.98 Å². The summed E-state index contributed by atoms with van der Waals surface area (Å²) in [6.07, 6.45) is 0. The molecular weight excluding hydrogens is 440 g/mol. The second kappa shape index (κ2) is 8.25. The Morgan fingerprint density at radius 1 is 1.04 bits per heavy atom. The maximum Gasteiger partial charge on any atom is 0.234 e. The second-order valence-electron chi connectivity index (χ2n) is 5.90. The van der Waals surface area contributed by atoms with Crippen LogP contribution in [0.4, 0.5) is 5.69 Å². The van der Waals surface area contributed by atoms with Gasteiger partial charge in [-0.05, 0) is 35.0 Å². The normalized spacial score (nSPS) is 10.9. The molecule has 0 aliphatic carbocycles. The van der Waals surface area contributed by atoms with Gasteiger partial charge in [0.2, 0.25) is 5.91 Å². The van der Waals surface area contributed by atoms with Crippen molar-refractivity contribution in [3.05, 3.63) is 76.6 Å². The molecule has 0 aliphatic heterocycles. The van der Waals surface area contributed by atoms with E-state index < -0.39 is 0 Å². The molecule has 1 aromatic heterocycles. The number of rotatable bonds is 5. The summed E-state index contributed by atoms with van der Waals surface area (Å²) in [5, 5.41) is 7.25. The first-order valence-electron chi connectivity index (χ1n) is 8.30. The molecule has 0 bridgehead atoms. The van der Waals surface area contributed by atoms with Gasteiger partial charge in [0.25, 0.3) is 0 Å². The van der Waals surface area contributed by atoms with Crippen molar-refractivity contribution in [2.45, 2.75) is 4.34 Å². The van der Waals surface area contributed by atoms with E-state index in [-0.39, 0.29) is 5.91 Å². The lowest BCUT2D eigenvalue weighted by Crippen LogP contribution is -2.13. The third kappa shape index (κ3) is 4.58. The van der Waals surface area contributed by atoms with Crippen LogP contribution >= 0.6 is 39.0 Å². The van der Waals surface area contributed by atoms with Crippen LogP contribution in [0.2, 0.25) is 0 Å². The van der Waals surface area contributed by atoms with Crippen LogP contribution in [0, 0.1) is 0 Å². The van der Waals surface area contributed by atoms with E-state index in [2.05, 4.69) is 32.3 Å². The zero-order valence-corrected chi connectivity index (χ0v) is 17.4. The fourth-order valence-corrected chi connectivity index (χ4v) is 4.57. The Bertz CT molecular complexity index is 1090. The van der Waals surface area contributed by atoms with E-state index >= 15 is 0 Å². The highest BCUT2D eigenvalue weighted by atomic mass is 79.9. The van der Waals surface area contributed by atoms with Crippen molar-refractivity contribution < 1.29 is 4.79 Å². The number of thioether (sulfide) groups is 1. The van der Waals surface area contributed by atoms with E-state index in [1.54, 1.807) is 11.3 Å².